The first-order chi connectivity index (χ1) is 13.1. The van der Waals surface area contributed by atoms with Gasteiger partial charge in [0, 0.05) is 45.4 Å². The number of ether oxygens (including phenoxy) is 2. The lowest BCUT2D eigenvalue weighted by atomic mass is 10.2. The number of hydrogen-bond donors (Lipinski definition) is 1. The molecule has 3 nitrogen and oxygen atoms in total. The van der Waals surface area contributed by atoms with E-state index < -0.39 is 0 Å². The Bertz CT molecular complexity index is 692. The number of rotatable bonds is 12. The summed E-state index contributed by atoms with van der Waals surface area (Å²) in [4.78, 5) is 0. The van der Waals surface area contributed by atoms with Crippen LogP contribution in [0.5, 0.6) is 5.75 Å². The maximum atomic E-state index is 6.23. The number of nitrogens with one attached hydrogen (secondary N) is 1. The lowest BCUT2D eigenvalue weighted by Crippen LogP contribution is -2.17. The van der Waals surface area contributed by atoms with Crippen molar-refractivity contribution < 1.29 is 9.47 Å². The number of hydrogen-bond acceptors (Lipinski definition) is 3. The van der Waals surface area contributed by atoms with Crippen LogP contribution in [-0.4, -0.2) is 19.8 Å². The maximum absolute atomic E-state index is 6.23. The fraction of sp³-hybridized carbons (Fsp3) is 0.429. The van der Waals surface area contributed by atoms with E-state index in [1.165, 1.54) is 6.42 Å². The van der Waals surface area contributed by atoms with Crippen LogP contribution in [-0.2, 0) is 17.9 Å². The van der Waals surface area contributed by atoms with Crippen LogP contribution in [0.15, 0.2) is 40.9 Å². The molecule has 0 aliphatic heterocycles. The van der Waals surface area contributed by atoms with Gasteiger partial charge in [-0.2, -0.15) is 0 Å². The molecule has 0 heterocycles. The van der Waals surface area contributed by atoms with E-state index >= 15 is 0 Å². The van der Waals surface area contributed by atoms with E-state index in [0.29, 0.717) is 16.7 Å². The fourth-order valence-electron chi connectivity index (χ4n) is 2.52. The van der Waals surface area contributed by atoms with Gasteiger partial charge in [0.15, 0.2) is 0 Å². The van der Waals surface area contributed by atoms with Crippen LogP contribution in [0.4, 0.5) is 0 Å². The summed E-state index contributed by atoms with van der Waals surface area (Å²) in [6.45, 7) is 5.76. The van der Waals surface area contributed by atoms with Crippen LogP contribution in [0.1, 0.15) is 37.3 Å². The summed E-state index contributed by atoms with van der Waals surface area (Å²) in [5.74, 6) is 0.820. The molecule has 0 saturated carbocycles. The van der Waals surface area contributed by atoms with Crippen molar-refractivity contribution in [2.45, 2.75) is 39.3 Å². The molecule has 0 saturated heterocycles. The van der Waals surface area contributed by atoms with Crippen LogP contribution >= 0.6 is 39.1 Å². The Morgan fingerprint density at radius 3 is 2.52 bits per heavy atom. The lowest BCUT2D eigenvalue weighted by molar-refractivity contribution is 0.128. The second kappa shape index (κ2) is 12.6. The van der Waals surface area contributed by atoms with Gasteiger partial charge in [-0.25, -0.2) is 0 Å². The standard InChI is InChI=1S/C21H26BrCl2NO2/c1-2-3-11-26-12-5-10-25-14-16-13-17(22)8-9-21(16)27-15-18-19(23)6-4-7-20(18)24/h4,6-9,13,25H,2-3,5,10-12,14-15H2,1H3. The minimum Gasteiger partial charge on any atom is -0.488 e. The average molecular weight is 475 g/mol. The van der Waals surface area contributed by atoms with Gasteiger partial charge in [0.25, 0.3) is 0 Å². The molecule has 0 bridgehead atoms. The van der Waals surface area contributed by atoms with Crippen molar-refractivity contribution in [2.24, 2.45) is 0 Å². The van der Waals surface area contributed by atoms with Gasteiger partial charge in [-0.05, 0) is 49.7 Å². The highest BCUT2D eigenvalue weighted by molar-refractivity contribution is 9.10. The Hall–Kier alpha value is -0.780. The molecule has 148 valence electrons. The average Bonchev–Trinajstić information content (AvgIpc) is 2.65. The third kappa shape index (κ3) is 8.00. The molecule has 6 heteroatoms. The zero-order valence-electron chi connectivity index (χ0n) is 15.6. The summed E-state index contributed by atoms with van der Waals surface area (Å²) in [5.41, 5.74) is 1.88. The van der Waals surface area contributed by atoms with Gasteiger partial charge in [0.1, 0.15) is 12.4 Å². The predicted octanol–water partition coefficient (Wildman–Crippen LogP) is 6.63. The van der Waals surface area contributed by atoms with Crippen LogP contribution in [0, 0.1) is 0 Å². The van der Waals surface area contributed by atoms with Crippen molar-refractivity contribution in [3.05, 3.63) is 62.0 Å². The highest BCUT2D eigenvalue weighted by atomic mass is 79.9. The van der Waals surface area contributed by atoms with Crippen molar-refractivity contribution >= 4 is 39.1 Å². The molecule has 0 spiro atoms. The summed E-state index contributed by atoms with van der Waals surface area (Å²) in [7, 11) is 0. The molecule has 0 atom stereocenters. The van der Waals surface area contributed by atoms with Crippen LogP contribution in [0.2, 0.25) is 10.0 Å². The normalized spacial score (nSPS) is 11.0. The predicted molar refractivity (Wildman–Crippen MR) is 117 cm³/mol. The molecule has 0 fully saturated rings. The summed E-state index contributed by atoms with van der Waals surface area (Å²) >= 11 is 16.0. The van der Waals surface area contributed by atoms with Crippen LogP contribution in [0.3, 0.4) is 0 Å². The topological polar surface area (TPSA) is 30.5 Å². The third-order valence-corrected chi connectivity index (χ3v) is 5.26. The Morgan fingerprint density at radius 2 is 1.78 bits per heavy atom. The van der Waals surface area contributed by atoms with E-state index in [9.17, 15) is 0 Å². The molecule has 27 heavy (non-hydrogen) atoms. The second-order valence-electron chi connectivity index (χ2n) is 6.24. The third-order valence-electron chi connectivity index (χ3n) is 4.06. The van der Waals surface area contributed by atoms with Gasteiger partial charge >= 0.3 is 0 Å². The Balaban J connectivity index is 1.85. The molecule has 0 unspecified atom stereocenters. The highest BCUT2D eigenvalue weighted by Gasteiger charge is 2.09. The first kappa shape index (κ1) is 22.5. The Kier molecular flexibility index (Phi) is 10.5. The van der Waals surface area contributed by atoms with Crippen molar-refractivity contribution in [1.82, 2.24) is 5.32 Å². The van der Waals surface area contributed by atoms with Gasteiger partial charge in [-0.15, -0.1) is 0 Å². The quantitative estimate of drug-likeness (QED) is 0.350. The summed E-state index contributed by atoms with van der Waals surface area (Å²) in [6, 6.07) is 11.5. The monoisotopic (exact) mass is 473 g/mol. The first-order valence-electron chi connectivity index (χ1n) is 9.24. The van der Waals surface area contributed by atoms with Gasteiger partial charge in [0.05, 0.1) is 0 Å². The van der Waals surface area contributed by atoms with Gasteiger partial charge in [-0.1, -0.05) is 58.5 Å². The minimum atomic E-state index is 0.332. The fourth-order valence-corrected chi connectivity index (χ4v) is 3.43. The molecule has 1 N–H and O–H groups in total. The molecule has 2 aromatic rings. The van der Waals surface area contributed by atoms with Crippen LogP contribution < -0.4 is 10.1 Å². The zero-order chi connectivity index (χ0) is 19.5. The lowest BCUT2D eigenvalue weighted by Gasteiger charge is -2.14. The maximum Gasteiger partial charge on any atom is 0.124 e. The molecule has 0 radical (unpaired) electrons. The van der Waals surface area contributed by atoms with E-state index in [1.54, 1.807) is 0 Å². The smallest absolute Gasteiger partial charge is 0.124 e. The molecule has 0 amide bonds. The Labute approximate surface area is 180 Å². The van der Waals surface area contributed by atoms with Crippen molar-refractivity contribution in [2.75, 3.05) is 19.8 Å². The highest BCUT2D eigenvalue weighted by Crippen LogP contribution is 2.28. The van der Waals surface area contributed by atoms with Crippen molar-refractivity contribution in [1.29, 1.82) is 0 Å². The number of unbranched alkanes of at least 4 members (excludes halogenated alkanes) is 1. The van der Waals surface area contributed by atoms with E-state index in [4.69, 9.17) is 32.7 Å². The van der Waals surface area contributed by atoms with Gasteiger partial charge in [-0.3, -0.25) is 0 Å². The van der Waals surface area contributed by atoms with E-state index in [-0.39, 0.29) is 0 Å². The molecular weight excluding hydrogens is 449 g/mol. The van der Waals surface area contributed by atoms with Crippen molar-refractivity contribution in [3.8, 4) is 5.75 Å². The second-order valence-corrected chi connectivity index (χ2v) is 7.97. The molecule has 2 aromatic carbocycles. The summed E-state index contributed by atoms with van der Waals surface area (Å²) in [6.07, 6.45) is 3.29. The zero-order valence-corrected chi connectivity index (χ0v) is 18.7. The molecule has 0 aromatic heterocycles. The van der Waals surface area contributed by atoms with Crippen LogP contribution in [0.25, 0.3) is 0 Å². The molecule has 2 rings (SSSR count). The van der Waals surface area contributed by atoms with E-state index in [2.05, 4.69) is 34.2 Å². The minimum absolute atomic E-state index is 0.332. The molecular formula is C21H26BrCl2NO2. The first-order valence-corrected chi connectivity index (χ1v) is 10.8. The van der Waals surface area contributed by atoms with Crippen molar-refractivity contribution in [3.63, 3.8) is 0 Å². The largest absolute Gasteiger partial charge is 0.488 e. The number of halogens is 3. The van der Waals surface area contributed by atoms with E-state index in [1.807, 2.05) is 30.3 Å². The Morgan fingerprint density at radius 1 is 1.04 bits per heavy atom. The molecule has 0 aliphatic carbocycles. The summed E-state index contributed by atoms with van der Waals surface area (Å²) < 4.78 is 12.6. The van der Waals surface area contributed by atoms with Gasteiger partial charge in [0.2, 0.25) is 0 Å². The summed E-state index contributed by atoms with van der Waals surface area (Å²) in [5, 5.41) is 4.67. The SMILES string of the molecule is CCCCOCCCNCc1cc(Br)ccc1OCc1c(Cl)cccc1Cl. The van der Waals surface area contributed by atoms with Gasteiger partial charge < -0.3 is 14.8 Å². The number of benzene rings is 2. The molecule has 0 aliphatic rings. The van der Waals surface area contributed by atoms with E-state index in [0.717, 1.165) is 60.5 Å².